The number of rotatable bonds is 5. The monoisotopic (exact) mass is 346 g/mol. The molecule has 0 radical (unpaired) electrons. The zero-order chi connectivity index (χ0) is 17.2. The molecule has 2 unspecified atom stereocenters. The van der Waals surface area contributed by atoms with Crippen molar-refractivity contribution in [1.82, 2.24) is 5.32 Å². The van der Waals surface area contributed by atoms with Crippen molar-refractivity contribution in [2.45, 2.75) is 18.9 Å². The van der Waals surface area contributed by atoms with Gasteiger partial charge in [0.2, 0.25) is 5.91 Å². The van der Waals surface area contributed by atoms with Crippen molar-refractivity contribution in [1.29, 1.82) is 0 Å². The Kier molecular flexibility index (Phi) is 4.87. The Morgan fingerprint density at radius 1 is 1.21 bits per heavy atom. The second kappa shape index (κ2) is 6.91. The summed E-state index contributed by atoms with van der Waals surface area (Å²) in [4.78, 5) is 12.3. The molecular weight excluding hydrogens is 324 g/mol. The maximum atomic E-state index is 12.3. The SMILES string of the molecule is NCC(NC(=O)CC1CCS(=O)(=O)C1)c1ccc2ccccc2c1. The molecule has 0 aliphatic carbocycles. The highest BCUT2D eigenvalue weighted by molar-refractivity contribution is 7.91. The van der Waals surface area contributed by atoms with Gasteiger partial charge in [0.1, 0.15) is 0 Å². The Morgan fingerprint density at radius 3 is 2.62 bits per heavy atom. The number of hydrogen-bond donors (Lipinski definition) is 2. The van der Waals surface area contributed by atoms with Crippen LogP contribution in [0, 0.1) is 5.92 Å². The molecule has 0 spiro atoms. The van der Waals surface area contributed by atoms with Gasteiger partial charge in [-0.1, -0.05) is 36.4 Å². The molecule has 0 bridgehead atoms. The van der Waals surface area contributed by atoms with Gasteiger partial charge in [-0.15, -0.1) is 0 Å². The number of carbonyl (C=O) groups excluding carboxylic acids is 1. The van der Waals surface area contributed by atoms with Crippen LogP contribution in [0.25, 0.3) is 10.8 Å². The topological polar surface area (TPSA) is 89.3 Å². The van der Waals surface area contributed by atoms with Gasteiger partial charge >= 0.3 is 0 Å². The first-order valence-electron chi connectivity index (χ1n) is 8.15. The Balaban J connectivity index is 1.68. The number of benzene rings is 2. The van der Waals surface area contributed by atoms with Crippen LogP contribution < -0.4 is 11.1 Å². The van der Waals surface area contributed by atoms with Gasteiger partial charge in [-0.25, -0.2) is 8.42 Å². The second-order valence-corrected chi connectivity index (χ2v) is 8.66. The highest BCUT2D eigenvalue weighted by Gasteiger charge is 2.29. The Labute approximate surface area is 142 Å². The molecule has 128 valence electrons. The van der Waals surface area contributed by atoms with Gasteiger partial charge in [-0.05, 0) is 34.7 Å². The molecule has 5 nitrogen and oxygen atoms in total. The van der Waals surface area contributed by atoms with Crippen molar-refractivity contribution in [2.24, 2.45) is 11.7 Å². The van der Waals surface area contributed by atoms with Crippen LogP contribution in [0.4, 0.5) is 0 Å². The molecule has 2 aromatic carbocycles. The van der Waals surface area contributed by atoms with E-state index in [1.165, 1.54) is 0 Å². The summed E-state index contributed by atoms with van der Waals surface area (Å²) in [5.74, 6) is 0.0883. The largest absolute Gasteiger partial charge is 0.348 e. The van der Waals surface area contributed by atoms with Gasteiger partial charge in [-0.3, -0.25) is 4.79 Å². The molecule has 1 aliphatic rings. The van der Waals surface area contributed by atoms with E-state index in [-0.39, 0.29) is 35.8 Å². The molecule has 2 aromatic rings. The van der Waals surface area contributed by atoms with E-state index in [1.54, 1.807) is 0 Å². The molecule has 6 heteroatoms. The zero-order valence-electron chi connectivity index (χ0n) is 13.4. The lowest BCUT2D eigenvalue weighted by atomic mass is 10.0. The van der Waals surface area contributed by atoms with E-state index in [9.17, 15) is 13.2 Å². The molecule has 24 heavy (non-hydrogen) atoms. The lowest BCUT2D eigenvalue weighted by Gasteiger charge is -2.19. The highest BCUT2D eigenvalue weighted by atomic mass is 32.2. The first kappa shape index (κ1) is 16.9. The van der Waals surface area contributed by atoms with E-state index in [4.69, 9.17) is 5.73 Å². The minimum atomic E-state index is -2.96. The third-order valence-electron chi connectivity index (χ3n) is 4.55. The Hall–Kier alpha value is -1.92. The molecule has 1 amide bonds. The van der Waals surface area contributed by atoms with Gasteiger partial charge in [0, 0.05) is 13.0 Å². The summed E-state index contributed by atoms with van der Waals surface area (Å²) in [6.45, 7) is 0.299. The number of amides is 1. The van der Waals surface area contributed by atoms with Crippen LogP contribution in [0.15, 0.2) is 42.5 Å². The second-order valence-electron chi connectivity index (χ2n) is 6.44. The van der Waals surface area contributed by atoms with E-state index in [0.29, 0.717) is 13.0 Å². The zero-order valence-corrected chi connectivity index (χ0v) is 14.3. The third-order valence-corrected chi connectivity index (χ3v) is 6.38. The fraction of sp³-hybridized carbons (Fsp3) is 0.389. The standard InChI is InChI=1S/C18H22N2O3S/c19-11-17(16-6-5-14-3-1-2-4-15(14)10-16)20-18(21)9-13-7-8-24(22,23)12-13/h1-6,10,13,17H,7-9,11-12,19H2,(H,20,21). The molecule has 0 aromatic heterocycles. The van der Waals surface area contributed by atoms with Gasteiger partial charge in [0.05, 0.1) is 17.5 Å². The lowest BCUT2D eigenvalue weighted by Crippen LogP contribution is -2.34. The minimum absolute atomic E-state index is 0.0787. The van der Waals surface area contributed by atoms with Crippen LogP contribution in [-0.2, 0) is 14.6 Å². The van der Waals surface area contributed by atoms with E-state index in [2.05, 4.69) is 5.32 Å². The van der Waals surface area contributed by atoms with Crippen LogP contribution in [-0.4, -0.2) is 32.4 Å². The smallest absolute Gasteiger partial charge is 0.220 e. The average Bonchev–Trinajstić information content (AvgIpc) is 2.90. The molecule has 0 saturated carbocycles. The third kappa shape index (κ3) is 3.94. The molecule has 3 N–H and O–H groups in total. The molecular formula is C18H22N2O3S. The maximum Gasteiger partial charge on any atom is 0.220 e. The normalized spacial score (nSPS) is 20.8. The van der Waals surface area contributed by atoms with E-state index < -0.39 is 9.84 Å². The Bertz CT molecular complexity index is 848. The number of carbonyl (C=O) groups is 1. The van der Waals surface area contributed by atoms with Crippen molar-refractivity contribution in [3.05, 3.63) is 48.0 Å². The summed E-state index contributed by atoms with van der Waals surface area (Å²) < 4.78 is 23.0. The van der Waals surface area contributed by atoms with Crippen molar-refractivity contribution < 1.29 is 13.2 Å². The van der Waals surface area contributed by atoms with Gasteiger partial charge < -0.3 is 11.1 Å². The van der Waals surface area contributed by atoms with Gasteiger partial charge in [-0.2, -0.15) is 0 Å². The highest BCUT2D eigenvalue weighted by Crippen LogP contribution is 2.23. The van der Waals surface area contributed by atoms with Crippen LogP contribution >= 0.6 is 0 Å². The summed E-state index contributed by atoms with van der Waals surface area (Å²) in [7, 11) is -2.96. The van der Waals surface area contributed by atoms with E-state index >= 15 is 0 Å². The molecule has 2 atom stereocenters. The summed E-state index contributed by atoms with van der Waals surface area (Å²) in [5.41, 5.74) is 6.80. The first-order valence-corrected chi connectivity index (χ1v) is 9.97. The molecule has 1 aliphatic heterocycles. The van der Waals surface area contributed by atoms with Gasteiger partial charge in [0.25, 0.3) is 0 Å². The Morgan fingerprint density at radius 2 is 1.96 bits per heavy atom. The van der Waals surface area contributed by atoms with E-state index in [0.717, 1.165) is 16.3 Å². The number of nitrogens with one attached hydrogen (secondary N) is 1. The fourth-order valence-electron chi connectivity index (χ4n) is 3.25. The summed E-state index contributed by atoms with van der Waals surface area (Å²) in [5, 5.41) is 5.18. The minimum Gasteiger partial charge on any atom is -0.348 e. The number of nitrogens with two attached hydrogens (primary N) is 1. The quantitative estimate of drug-likeness (QED) is 0.864. The maximum absolute atomic E-state index is 12.3. The number of hydrogen-bond acceptors (Lipinski definition) is 4. The average molecular weight is 346 g/mol. The summed E-state index contributed by atoms with van der Waals surface area (Å²) in [6.07, 6.45) is 0.808. The lowest BCUT2D eigenvalue weighted by molar-refractivity contribution is -0.122. The van der Waals surface area contributed by atoms with Crippen molar-refractivity contribution in [2.75, 3.05) is 18.1 Å². The van der Waals surface area contributed by atoms with Crippen LogP contribution in [0.5, 0.6) is 0 Å². The molecule has 1 fully saturated rings. The number of sulfone groups is 1. The molecule has 1 heterocycles. The number of fused-ring (bicyclic) bond motifs is 1. The van der Waals surface area contributed by atoms with Crippen molar-refractivity contribution in [3.63, 3.8) is 0 Å². The summed E-state index contributed by atoms with van der Waals surface area (Å²) >= 11 is 0. The fourth-order valence-corrected chi connectivity index (χ4v) is 5.11. The van der Waals surface area contributed by atoms with Crippen LogP contribution in [0.3, 0.4) is 0 Å². The van der Waals surface area contributed by atoms with Crippen LogP contribution in [0.1, 0.15) is 24.4 Å². The molecule has 3 rings (SSSR count). The first-order chi connectivity index (χ1) is 11.5. The van der Waals surface area contributed by atoms with E-state index in [1.807, 2.05) is 42.5 Å². The molecule has 1 saturated heterocycles. The van der Waals surface area contributed by atoms with Crippen LogP contribution in [0.2, 0.25) is 0 Å². The summed E-state index contributed by atoms with van der Waals surface area (Å²) in [6, 6.07) is 13.8. The predicted octanol–water partition coefficient (Wildman–Crippen LogP) is 1.78. The van der Waals surface area contributed by atoms with Crippen molar-refractivity contribution in [3.8, 4) is 0 Å². The predicted molar refractivity (Wildman–Crippen MR) is 95.3 cm³/mol. The van der Waals surface area contributed by atoms with Gasteiger partial charge in [0.15, 0.2) is 9.84 Å². The van der Waals surface area contributed by atoms with Crippen molar-refractivity contribution >= 4 is 26.5 Å².